The third-order valence-corrected chi connectivity index (χ3v) is 3.70. The maximum absolute atomic E-state index is 11.8. The first-order chi connectivity index (χ1) is 9.24. The Morgan fingerprint density at radius 2 is 2.11 bits per heavy atom. The van der Waals surface area contributed by atoms with E-state index in [2.05, 4.69) is 17.2 Å². The molecule has 98 valence electrons. The van der Waals surface area contributed by atoms with E-state index < -0.39 is 5.41 Å². The number of rotatable bonds is 4. The second-order valence-corrected chi connectivity index (χ2v) is 4.99. The van der Waals surface area contributed by atoms with Gasteiger partial charge in [0.15, 0.2) is 0 Å². The van der Waals surface area contributed by atoms with Crippen LogP contribution >= 0.6 is 0 Å². The van der Waals surface area contributed by atoms with Crippen LogP contribution in [0.15, 0.2) is 42.7 Å². The van der Waals surface area contributed by atoms with E-state index >= 15 is 0 Å². The lowest BCUT2D eigenvalue weighted by Crippen LogP contribution is -2.21. The van der Waals surface area contributed by atoms with Crippen molar-refractivity contribution in [2.75, 3.05) is 7.11 Å². The third kappa shape index (κ3) is 2.14. The SMILES string of the molecule is COC(=O)C1(c2cnn(Cc3ccccc3)c2)CC1. The highest BCUT2D eigenvalue weighted by atomic mass is 16.5. The molecule has 4 heteroatoms. The molecule has 0 atom stereocenters. The molecule has 19 heavy (non-hydrogen) atoms. The summed E-state index contributed by atoms with van der Waals surface area (Å²) in [6, 6.07) is 10.1. The average Bonchev–Trinajstić information content (AvgIpc) is 3.14. The van der Waals surface area contributed by atoms with Crippen molar-refractivity contribution in [3.63, 3.8) is 0 Å². The number of benzene rings is 1. The first-order valence-electron chi connectivity index (χ1n) is 6.40. The van der Waals surface area contributed by atoms with Crippen molar-refractivity contribution in [3.8, 4) is 0 Å². The van der Waals surface area contributed by atoms with Crippen molar-refractivity contribution in [1.29, 1.82) is 0 Å². The number of carbonyl (C=O) groups is 1. The molecule has 0 bridgehead atoms. The average molecular weight is 256 g/mol. The lowest BCUT2D eigenvalue weighted by atomic mass is 10.0. The van der Waals surface area contributed by atoms with Gasteiger partial charge in [-0.1, -0.05) is 30.3 Å². The highest BCUT2D eigenvalue weighted by molar-refractivity contribution is 5.86. The molecule has 3 rings (SSSR count). The zero-order valence-corrected chi connectivity index (χ0v) is 10.9. The van der Waals surface area contributed by atoms with Crippen LogP contribution in [0.3, 0.4) is 0 Å². The van der Waals surface area contributed by atoms with E-state index in [1.54, 1.807) is 6.20 Å². The van der Waals surface area contributed by atoms with Gasteiger partial charge in [-0.2, -0.15) is 5.10 Å². The quantitative estimate of drug-likeness (QED) is 0.787. The monoisotopic (exact) mass is 256 g/mol. The summed E-state index contributed by atoms with van der Waals surface area (Å²) in [6.45, 7) is 0.720. The minimum atomic E-state index is -0.427. The molecule has 4 nitrogen and oxygen atoms in total. The minimum absolute atomic E-state index is 0.147. The first-order valence-corrected chi connectivity index (χ1v) is 6.40. The lowest BCUT2D eigenvalue weighted by molar-refractivity contribution is -0.143. The Balaban J connectivity index is 1.79. The fourth-order valence-electron chi connectivity index (χ4n) is 2.40. The molecule has 1 aliphatic rings. The van der Waals surface area contributed by atoms with Crippen LogP contribution < -0.4 is 0 Å². The second kappa shape index (κ2) is 4.53. The summed E-state index contributed by atoms with van der Waals surface area (Å²) >= 11 is 0. The van der Waals surface area contributed by atoms with Crippen molar-refractivity contribution < 1.29 is 9.53 Å². The highest BCUT2D eigenvalue weighted by Gasteiger charge is 2.53. The number of aromatic nitrogens is 2. The number of hydrogen-bond donors (Lipinski definition) is 0. The van der Waals surface area contributed by atoms with Gasteiger partial charge in [-0.15, -0.1) is 0 Å². The molecular formula is C15H16N2O2. The largest absolute Gasteiger partial charge is 0.468 e. The summed E-state index contributed by atoms with van der Waals surface area (Å²) in [7, 11) is 1.44. The Labute approximate surface area is 112 Å². The summed E-state index contributed by atoms with van der Waals surface area (Å²) in [6.07, 6.45) is 5.46. The molecule has 1 fully saturated rings. The van der Waals surface area contributed by atoms with Crippen LogP contribution in [-0.2, 0) is 21.5 Å². The van der Waals surface area contributed by atoms with E-state index in [0.717, 1.165) is 24.9 Å². The Hall–Kier alpha value is -2.10. The van der Waals surface area contributed by atoms with E-state index in [0.29, 0.717) is 0 Å². The van der Waals surface area contributed by atoms with Gasteiger partial charge in [0.05, 0.1) is 25.3 Å². The molecule has 1 heterocycles. The molecule has 0 amide bonds. The Morgan fingerprint density at radius 3 is 2.74 bits per heavy atom. The van der Waals surface area contributed by atoms with Crippen molar-refractivity contribution in [2.45, 2.75) is 24.8 Å². The zero-order chi connectivity index (χ0) is 13.3. The summed E-state index contributed by atoms with van der Waals surface area (Å²) in [5.74, 6) is -0.147. The highest BCUT2D eigenvalue weighted by Crippen LogP contribution is 2.48. The van der Waals surface area contributed by atoms with Crippen LogP contribution in [0.25, 0.3) is 0 Å². The topological polar surface area (TPSA) is 44.1 Å². The zero-order valence-electron chi connectivity index (χ0n) is 10.9. The summed E-state index contributed by atoms with van der Waals surface area (Å²) in [5, 5.41) is 4.34. The number of nitrogens with zero attached hydrogens (tertiary/aromatic N) is 2. The molecule has 0 radical (unpaired) electrons. The third-order valence-electron chi connectivity index (χ3n) is 3.70. The van der Waals surface area contributed by atoms with Crippen LogP contribution in [0.5, 0.6) is 0 Å². The molecule has 0 spiro atoms. The fraction of sp³-hybridized carbons (Fsp3) is 0.333. The molecule has 1 aromatic heterocycles. The molecule has 1 aromatic carbocycles. The molecule has 0 saturated heterocycles. The van der Waals surface area contributed by atoms with Gasteiger partial charge in [-0.3, -0.25) is 9.48 Å². The van der Waals surface area contributed by atoms with Gasteiger partial charge in [0.25, 0.3) is 0 Å². The fourth-order valence-corrected chi connectivity index (χ4v) is 2.40. The number of carbonyl (C=O) groups excluding carboxylic acids is 1. The van der Waals surface area contributed by atoms with E-state index in [1.165, 1.54) is 12.7 Å². The maximum Gasteiger partial charge on any atom is 0.316 e. The Kier molecular flexibility index (Phi) is 2.85. The Morgan fingerprint density at radius 1 is 1.37 bits per heavy atom. The van der Waals surface area contributed by atoms with Crippen LogP contribution in [0.4, 0.5) is 0 Å². The van der Waals surface area contributed by atoms with E-state index in [4.69, 9.17) is 4.74 Å². The van der Waals surface area contributed by atoms with Crippen LogP contribution in [0.1, 0.15) is 24.0 Å². The lowest BCUT2D eigenvalue weighted by Gasteiger charge is -2.09. The molecule has 2 aromatic rings. The summed E-state index contributed by atoms with van der Waals surface area (Å²) in [4.78, 5) is 11.8. The second-order valence-electron chi connectivity index (χ2n) is 4.99. The van der Waals surface area contributed by atoms with Gasteiger partial charge in [-0.05, 0) is 18.4 Å². The van der Waals surface area contributed by atoms with Crippen molar-refractivity contribution in [2.24, 2.45) is 0 Å². The van der Waals surface area contributed by atoms with Gasteiger partial charge in [0.2, 0.25) is 0 Å². The van der Waals surface area contributed by atoms with Crippen LogP contribution in [0, 0.1) is 0 Å². The molecule has 0 N–H and O–H groups in total. The number of methoxy groups -OCH3 is 1. The Bertz CT molecular complexity index is 585. The predicted octanol–water partition coefficient (Wildman–Crippen LogP) is 2.14. The van der Waals surface area contributed by atoms with Crippen molar-refractivity contribution >= 4 is 5.97 Å². The molecule has 0 unspecified atom stereocenters. The minimum Gasteiger partial charge on any atom is -0.468 e. The standard InChI is InChI=1S/C15H16N2O2/c1-19-14(18)15(7-8-15)13-9-16-17(11-13)10-12-5-3-2-4-6-12/h2-6,9,11H,7-8,10H2,1H3. The predicted molar refractivity (Wildman–Crippen MR) is 70.7 cm³/mol. The van der Waals surface area contributed by atoms with Gasteiger partial charge in [0, 0.05) is 11.8 Å². The van der Waals surface area contributed by atoms with E-state index in [9.17, 15) is 4.79 Å². The van der Waals surface area contributed by atoms with Gasteiger partial charge < -0.3 is 4.74 Å². The number of hydrogen-bond acceptors (Lipinski definition) is 3. The first kappa shape index (κ1) is 12.0. The number of ether oxygens (including phenoxy) is 1. The van der Waals surface area contributed by atoms with Crippen molar-refractivity contribution in [1.82, 2.24) is 9.78 Å². The van der Waals surface area contributed by atoms with Crippen molar-refractivity contribution in [3.05, 3.63) is 53.9 Å². The van der Waals surface area contributed by atoms with Gasteiger partial charge in [0.1, 0.15) is 0 Å². The molecule has 1 saturated carbocycles. The smallest absolute Gasteiger partial charge is 0.316 e. The summed E-state index contributed by atoms with van der Waals surface area (Å²) in [5.41, 5.74) is 1.74. The van der Waals surface area contributed by atoms with E-state index in [-0.39, 0.29) is 5.97 Å². The number of esters is 1. The maximum atomic E-state index is 11.8. The summed E-state index contributed by atoms with van der Waals surface area (Å²) < 4.78 is 6.75. The van der Waals surface area contributed by atoms with Crippen LogP contribution in [-0.4, -0.2) is 22.9 Å². The van der Waals surface area contributed by atoms with E-state index in [1.807, 2.05) is 29.1 Å². The van der Waals surface area contributed by atoms with Gasteiger partial charge >= 0.3 is 5.97 Å². The molecular weight excluding hydrogens is 240 g/mol. The molecule has 1 aliphatic carbocycles. The normalized spacial score (nSPS) is 16.1. The van der Waals surface area contributed by atoms with Crippen LogP contribution in [0.2, 0.25) is 0 Å². The van der Waals surface area contributed by atoms with Gasteiger partial charge in [-0.25, -0.2) is 0 Å². The molecule has 0 aliphatic heterocycles.